The highest BCUT2D eigenvalue weighted by molar-refractivity contribution is 7.96. The Bertz CT molecular complexity index is 1490. The zero-order valence-electron chi connectivity index (χ0n) is 22.5. The predicted octanol–water partition coefficient (Wildman–Crippen LogP) is 5.11. The number of rotatable bonds is 9. The molecule has 0 atom stereocenters. The van der Waals surface area contributed by atoms with Crippen molar-refractivity contribution in [3.63, 3.8) is 0 Å². The molecule has 0 bridgehead atoms. The van der Waals surface area contributed by atoms with Gasteiger partial charge >= 0.3 is 12.0 Å². The van der Waals surface area contributed by atoms with Gasteiger partial charge in [0.15, 0.2) is 0 Å². The Morgan fingerprint density at radius 2 is 1.27 bits per heavy atom. The van der Waals surface area contributed by atoms with E-state index in [4.69, 9.17) is 9.72 Å². The maximum atomic E-state index is 13.7. The summed E-state index contributed by atoms with van der Waals surface area (Å²) in [6.45, 7) is 3.98. The molecule has 0 spiro atoms. The first kappa shape index (κ1) is 27.1. The molecular formula is C32H32N4O3P+. The maximum Gasteiger partial charge on any atom is 0.329 e. The van der Waals surface area contributed by atoms with E-state index in [9.17, 15) is 9.59 Å². The number of benzene rings is 4. The first-order valence-corrected chi connectivity index (χ1v) is 15.0. The number of fused-ring (bicyclic) bond motifs is 1. The number of amides is 1. The average Bonchev–Trinajstić information content (AvgIpc) is 3.37. The first-order valence-electron chi connectivity index (χ1n) is 13.2. The van der Waals surface area contributed by atoms with Crippen LogP contribution >= 0.6 is 7.41 Å². The molecule has 40 heavy (non-hydrogen) atoms. The van der Waals surface area contributed by atoms with Gasteiger partial charge in [0.25, 0.3) is 0 Å². The van der Waals surface area contributed by atoms with Crippen LogP contribution in [0.25, 0.3) is 11.0 Å². The van der Waals surface area contributed by atoms with Crippen LogP contribution in [0.15, 0.2) is 115 Å². The Hall–Kier alpha value is -4.48. The number of imidazole rings is 1. The largest absolute Gasteiger partial charge is 0.464 e. The fourth-order valence-electron chi connectivity index (χ4n) is 4.59. The molecule has 0 saturated carbocycles. The highest BCUT2D eigenvalue weighted by Crippen LogP contribution is 2.54. The summed E-state index contributed by atoms with van der Waals surface area (Å²) in [4.78, 5) is 30.8. The van der Waals surface area contributed by atoms with Crippen molar-refractivity contribution < 1.29 is 14.3 Å². The van der Waals surface area contributed by atoms with Crippen LogP contribution in [0.5, 0.6) is 0 Å². The summed E-state index contributed by atoms with van der Waals surface area (Å²) in [6, 6.07) is 37.8. The van der Waals surface area contributed by atoms with Gasteiger partial charge in [-0.3, -0.25) is 4.79 Å². The molecule has 0 aliphatic carbocycles. The van der Waals surface area contributed by atoms with Crippen molar-refractivity contribution in [2.45, 2.75) is 13.8 Å². The van der Waals surface area contributed by atoms with E-state index < -0.39 is 19.4 Å². The lowest BCUT2D eigenvalue weighted by molar-refractivity contribution is -0.143. The quantitative estimate of drug-likeness (QED) is 0.196. The third-order valence-electron chi connectivity index (χ3n) is 6.42. The van der Waals surface area contributed by atoms with E-state index in [1.165, 1.54) is 4.57 Å². The zero-order chi connectivity index (χ0) is 28.0. The number of esters is 1. The third kappa shape index (κ3) is 5.61. The molecule has 0 aliphatic heterocycles. The second kappa shape index (κ2) is 12.1. The van der Waals surface area contributed by atoms with Gasteiger partial charge in [-0.05, 0) is 54.4 Å². The number of para-hydroxylation sites is 2. The van der Waals surface area contributed by atoms with Crippen molar-refractivity contribution in [3.05, 3.63) is 115 Å². The number of carbonyl (C=O) groups excluding carboxylic acids is 2. The normalized spacial score (nSPS) is 11.4. The molecule has 0 saturated heterocycles. The lowest BCUT2D eigenvalue weighted by Gasteiger charge is -2.28. The van der Waals surface area contributed by atoms with Gasteiger partial charge in [0.2, 0.25) is 13.4 Å². The minimum atomic E-state index is -2.56. The van der Waals surface area contributed by atoms with E-state index in [-0.39, 0.29) is 12.5 Å². The molecule has 2 N–H and O–H groups in total. The number of aromatic nitrogens is 2. The molecule has 0 fully saturated rings. The Kier molecular flexibility index (Phi) is 8.23. The molecule has 0 aliphatic rings. The highest BCUT2D eigenvalue weighted by atomic mass is 31.2. The Morgan fingerprint density at radius 3 is 1.80 bits per heavy atom. The zero-order valence-corrected chi connectivity index (χ0v) is 23.4. The molecule has 5 rings (SSSR count). The van der Waals surface area contributed by atoms with Crippen LogP contribution in [0.3, 0.4) is 0 Å². The van der Waals surface area contributed by atoms with E-state index in [0.29, 0.717) is 23.6 Å². The fourth-order valence-corrected chi connectivity index (χ4v) is 8.18. The minimum Gasteiger partial charge on any atom is -0.464 e. The highest BCUT2D eigenvalue weighted by Gasteiger charge is 2.47. The van der Waals surface area contributed by atoms with Crippen LogP contribution in [0.2, 0.25) is 0 Å². The Balaban J connectivity index is 1.63. The van der Waals surface area contributed by atoms with Gasteiger partial charge in [-0.1, -0.05) is 80.6 Å². The standard InChI is InChI=1S/C32H31N4O3P/c1-24(2)23-39-30(37)22-33-32(38)36-29-21-13-12-20-28(29)34-31(36)35-40(25-14-6-3-7-15-25,26-16-8-4-9-17-26)27-18-10-5-11-19-27/h3-21,24H,22-23H2,1-2H3,(H-,33,34,35,38)/p+1. The monoisotopic (exact) mass is 551 g/mol. The maximum absolute atomic E-state index is 13.7. The molecule has 0 radical (unpaired) electrons. The SMILES string of the molecule is CC(C)COC(=O)CNC(=O)n1c(N[P+](c2ccccc2)(c2ccccc2)c2ccccc2)nc2ccccc21. The third-order valence-corrected chi connectivity index (χ3v) is 10.2. The van der Waals surface area contributed by atoms with E-state index >= 15 is 0 Å². The summed E-state index contributed by atoms with van der Waals surface area (Å²) in [5.41, 5.74) is 1.29. The summed E-state index contributed by atoms with van der Waals surface area (Å²) >= 11 is 0. The lowest BCUT2D eigenvalue weighted by Crippen LogP contribution is -2.38. The number of carbonyl (C=O) groups is 2. The first-order chi connectivity index (χ1) is 19.5. The molecule has 1 amide bonds. The molecule has 1 aromatic heterocycles. The van der Waals surface area contributed by atoms with Gasteiger partial charge in [0.05, 0.1) is 17.6 Å². The van der Waals surface area contributed by atoms with Gasteiger partial charge in [0.1, 0.15) is 22.5 Å². The van der Waals surface area contributed by atoms with E-state index in [1.54, 1.807) is 0 Å². The predicted molar refractivity (Wildman–Crippen MR) is 163 cm³/mol. The summed E-state index contributed by atoms with van der Waals surface area (Å²) < 4.78 is 6.76. The Labute approximate surface area is 234 Å². The summed E-state index contributed by atoms with van der Waals surface area (Å²) in [5, 5.41) is 9.78. The van der Waals surface area contributed by atoms with Gasteiger partial charge in [-0.2, -0.15) is 0 Å². The van der Waals surface area contributed by atoms with Crippen molar-refractivity contribution in [1.29, 1.82) is 0 Å². The molecular weight excluding hydrogens is 519 g/mol. The van der Waals surface area contributed by atoms with Crippen molar-refractivity contribution >= 4 is 52.3 Å². The molecule has 4 aromatic carbocycles. The van der Waals surface area contributed by atoms with Crippen molar-refractivity contribution in [2.75, 3.05) is 18.2 Å². The summed E-state index contributed by atoms with van der Waals surface area (Å²) in [5.74, 6) is 0.110. The van der Waals surface area contributed by atoms with Crippen LogP contribution in [0.1, 0.15) is 13.8 Å². The molecule has 5 aromatic rings. The number of hydrogen-bond donors (Lipinski definition) is 2. The topological polar surface area (TPSA) is 85.2 Å². The number of anilines is 1. The number of nitrogens with zero attached hydrogens (tertiary/aromatic N) is 2. The van der Waals surface area contributed by atoms with Crippen molar-refractivity contribution in [2.24, 2.45) is 5.92 Å². The second-order valence-electron chi connectivity index (χ2n) is 9.78. The van der Waals surface area contributed by atoms with Crippen molar-refractivity contribution in [3.8, 4) is 0 Å². The summed E-state index contributed by atoms with van der Waals surface area (Å²) in [7, 11) is -2.56. The van der Waals surface area contributed by atoms with Crippen LogP contribution in [0, 0.1) is 5.92 Å². The number of ether oxygens (including phenoxy) is 1. The molecule has 8 heteroatoms. The van der Waals surface area contributed by atoms with E-state index in [1.807, 2.05) is 92.7 Å². The Morgan fingerprint density at radius 1 is 0.775 bits per heavy atom. The van der Waals surface area contributed by atoms with Gasteiger partial charge in [0, 0.05) is 0 Å². The number of hydrogen-bond acceptors (Lipinski definition) is 5. The van der Waals surface area contributed by atoms with Crippen LogP contribution in [-0.2, 0) is 9.53 Å². The minimum absolute atomic E-state index is 0.207. The fraction of sp³-hybridized carbons (Fsp3) is 0.156. The molecule has 202 valence electrons. The smallest absolute Gasteiger partial charge is 0.329 e. The average molecular weight is 552 g/mol. The molecule has 1 heterocycles. The number of nitrogens with one attached hydrogen (secondary N) is 2. The molecule has 0 unspecified atom stereocenters. The van der Waals surface area contributed by atoms with Gasteiger partial charge in [-0.25, -0.2) is 19.4 Å². The van der Waals surface area contributed by atoms with Gasteiger partial charge in [-0.15, -0.1) is 0 Å². The van der Waals surface area contributed by atoms with Crippen LogP contribution < -0.4 is 26.3 Å². The van der Waals surface area contributed by atoms with Gasteiger partial charge < -0.3 is 10.1 Å². The van der Waals surface area contributed by atoms with E-state index in [2.05, 4.69) is 46.8 Å². The van der Waals surface area contributed by atoms with E-state index in [0.717, 1.165) is 15.9 Å². The lowest BCUT2D eigenvalue weighted by atomic mass is 10.2. The van der Waals surface area contributed by atoms with Crippen LogP contribution in [-0.4, -0.2) is 34.7 Å². The second-order valence-corrected chi connectivity index (χ2v) is 12.9. The molecule has 7 nitrogen and oxygen atoms in total. The van der Waals surface area contributed by atoms with Crippen LogP contribution in [0.4, 0.5) is 10.7 Å². The van der Waals surface area contributed by atoms with Crippen molar-refractivity contribution in [1.82, 2.24) is 14.9 Å². The summed E-state index contributed by atoms with van der Waals surface area (Å²) in [6.07, 6.45) is 0.